The van der Waals surface area contributed by atoms with Crippen molar-refractivity contribution in [3.05, 3.63) is 70.8 Å². The molecule has 50 heavy (non-hydrogen) atoms. The number of alkyl halides is 3. The lowest BCUT2D eigenvalue weighted by atomic mass is 9.68. The van der Waals surface area contributed by atoms with E-state index in [4.69, 9.17) is 0 Å². The first-order valence-corrected chi connectivity index (χ1v) is 16.5. The predicted molar refractivity (Wildman–Crippen MR) is 173 cm³/mol. The molecule has 1 saturated heterocycles. The third kappa shape index (κ3) is 4.74. The lowest BCUT2D eigenvalue weighted by Crippen LogP contribution is -2.51. The molecular weight excluding hydrogens is 653 g/mol. The number of hydrogen-bond acceptors (Lipinski definition) is 7. The Morgan fingerprint density at radius 1 is 1.02 bits per heavy atom. The van der Waals surface area contributed by atoms with Crippen LogP contribution in [0.1, 0.15) is 71.9 Å². The van der Waals surface area contributed by atoms with E-state index in [9.17, 15) is 37.5 Å². The van der Waals surface area contributed by atoms with Crippen molar-refractivity contribution in [2.45, 2.75) is 83.1 Å². The number of halogens is 3. The minimum Gasteiger partial charge on any atom is -0.481 e. The van der Waals surface area contributed by atoms with Crippen LogP contribution < -0.4 is 5.32 Å². The fourth-order valence-corrected chi connectivity index (χ4v) is 8.42. The second kappa shape index (κ2) is 10.7. The Hall–Kier alpha value is -5.14. The Balaban J connectivity index is 1.11. The molecule has 1 aromatic carbocycles. The van der Waals surface area contributed by atoms with E-state index in [1.807, 2.05) is 19.1 Å². The highest BCUT2D eigenvalue weighted by Gasteiger charge is 2.76. The molecule has 8 rings (SSSR count). The first kappa shape index (κ1) is 32.1. The van der Waals surface area contributed by atoms with E-state index in [-0.39, 0.29) is 47.1 Å². The maximum absolute atomic E-state index is 14.2. The molecule has 4 aromatic rings. The van der Waals surface area contributed by atoms with Crippen molar-refractivity contribution >= 4 is 40.3 Å². The van der Waals surface area contributed by atoms with Gasteiger partial charge in [-0.3, -0.25) is 28.8 Å². The van der Waals surface area contributed by atoms with Crippen LogP contribution in [0.2, 0.25) is 0 Å². The monoisotopic (exact) mass is 686 g/mol. The van der Waals surface area contributed by atoms with E-state index >= 15 is 0 Å². The van der Waals surface area contributed by atoms with Gasteiger partial charge >= 0.3 is 12.1 Å². The van der Waals surface area contributed by atoms with Crippen molar-refractivity contribution in [2.24, 2.45) is 11.3 Å². The molecule has 258 valence electrons. The number of likely N-dealkylation sites (tertiary alicyclic amines) is 1. The van der Waals surface area contributed by atoms with Gasteiger partial charge in [-0.1, -0.05) is 6.07 Å². The number of benzene rings is 1. The molecule has 0 bridgehead atoms. The Morgan fingerprint density at radius 2 is 1.78 bits per heavy atom. The number of fused-ring (bicyclic) bond motifs is 1. The van der Waals surface area contributed by atoms with Gasteiger partial charge in [0.1, 0.15) is 29.8 Å². The van der Waals surface area contributed by atoms with Crippen LogP contribution in [-0.4, -0.2) is 65.4 Å². The van der Waals surface area contributed by atoms with Crippen LogP contribution in [0.3, 0.4) is 0 Å². The number of carboxylic acid groups (broad SMARTS) is 1. The SMILES string of the molecule is CC(=O)c1nn(CC(=O)N2C(C(=O)Nc3nc(C(F)(F)F)ccc3C)[C@H]3CC[C@@]34CC24)c2c(C)cc(-c3cncc(C4(C(=O)O)CC4)c3)cc12. The topological polar surface area (TPSA) is 147 Å². The Kier molecular flexibility index (Phi) is 6.85. The molecular formula is C36H33F3N6O5. The number of nitrogens with zero attached hydrogens (tertiary/aromatic N) is 5. The fraction of sp³-hybridized carbons (Fsp3) is 0.417. The molecule has 3 aromatic heterocycles. The van der Waals surface area contributed by atoms with E-state index in [2.05, 4.69) is 20.4 Å². The molecule has 3 saturated carbocycles. The van der Waals surface area contributed by atoms with Crippen LogP contribution in [-0.2, 0) is 32.5 Å². The molecule has 2 amide bonds. The largest absolute Gasteiger partial charge is 0.481 e. The summed E-state index contributed by atoms with van der Waals surface area (Å²) in [5.41, 5.74) is 1.60. The first-order chi connectivity index (χ1) is 23.6. The number of Topliss-reactive ketones (excluding diaryl/α,β-unsaturated/α-hetero) is 1. The summed E-state index contributed by atoms with van der Waals surface area (Å²) < 4.78 is 41.7. The van der Waals surface area contributed by atoms with Crippen molar-refractivity contribution in [3.63, 3.8) is 0 Å². The predicted octanol–water partition coefficient (Wildman–Crippen LogP) is 5.47. The molecule has 1 aliphatic heterocycles. The minimum atomic E-state index is -4.69. The van der Waals surface area contributed by atoms with Gasteiger partial charge in [0.25, 0.3) is 0 Å². The van der Waals surface area contributed by atoms with E-state index in [1.165, 1.54) is 17.7 Å². The number of carbonyl (C=O) groups is 4. The third-order valence-corrected chi connectivity index (χ3v) is 11.4. The van der Waals surface area contributed by atoms with Gasteiger partial charge in [-0.15, -0.1) is 0 Å². The zero-order valence-electron chi connectivity index (χ0n) is 27.5. The number of aromatic nitrogens is 4. The molecule has 4 heterocycles. The summed E-state index contributed by atoms with van der Waals surface area (Å²) in [6.45, 7) is 4.52. The van der Waals surface area contributed by atoms with Crippen LogP contribution in [0.4, 0.5) is 19.0 Å². The second-order valence-electron chi connectivity index (χ2n) is 14.3. The Labute approximate surface area is 283 Å². The number of pyridine rings is 2. The number of rotatable bonds is 8. The van der Waals surface area contributed by atoms with Gasteiger partial charge in [0, 0.05) is 36.3 Å². The average Bonchev–Trinajstić information content (AvgIpc) is 3.96. The molecule has 11 nitrogen and oxygen atoms in total. The van der Waals surface area contributed by atoms with E-state index in [0.29, 0.717) is 46.0 Å². The van der Waals surface area contributed by atoms with Crippen molar-refractivity contribution in [3.8, 4) is 11.1 Å². The van der Waals surface area contributed by atoms with Crippen LogP contribution in [0.25, 0.3) is 22.0 Å². The molecule has 4 fully saturated rings. The van der Waals surface area contributed by atoms with Crippen molar-refractivity contribution in [2.75, 3.05) is 5.32 Å². The van der Waals surface area contributed by atoms with Crippen molar-refractivity contribution < 1.29 is 37.5 Å². The molecule has 3 aliphatic carbocycles. The van der Waals surface area contributed by atoms with Crippen LogP contribution in [0.5, 0.6) is 0 Å². The van der Waals surface area contributed by atoms with E-state index in [0.717, 1.165) is 30.9 Å². The summed E-state index contributed by atoms with van der Waals surface area (Å²) >= 11 is 0. The minimum absolute atomic E-state index is 0.116. The number of carboxylic acids is 1. The summed E-state index contributed by atoms with van der Waals surface area (Å²) in [5, 5.41) is 17.5. The number of aryl methyl sites for hydroxylation is 2. The average molecular weight is 687 g/mol. The lowest BCUT2D eigenvalue weighted by Gasteiger charge is -2.38. The number of amides is 2. The normalized spacial score (nSPS) is 24.3. The van der Waals surface area contributed by atoms with Crippen LogP contribution in [0.15, 0.2) is 42.7 Å². The number of carbonyl (C=O) groups excluding carboxylic acids is 3. The smallest absolute Gasteiger partial charge is 0.433 e. The summed E-state index contributed by atoms with van der Waals surface area (Å²) in [6, 6.07) is 6.54. The number of hydrogen-bond donors (Lipinski definition) is 2. The van der Waals surface area contributed by atoms with Crippen LogP contribution in [0, 0.1) is 25.2 Å². The van der Waals surface area contributed by atoms with Crippen molar-refractivity contribution in [1.29, 1.82) is 0 Å². The number of ketones is 1. The van der Waals surface area contributed by atoms with Gasteiger partial charge in [-0.05, 0) is 104 Å². The number of piperidine rings is 1. The number of aliphatic carboxylic acids is 1. The zero-order chi connectivity index (χ0) is 35.5. The van der Waals surface area contributed by atoms with Gasteiger partial charge in [-0.25, -0.2) is 4.98 Å². The molecule has 2 unspecified atom stereocenters. The zero-order valence-corrected chi connectivity index (χ0v) is 27.5. The molecule has 4 aliphatic rings. The highest BCUT2D eigenvalue weighted by atomic mass is 19.4. The van der Waals surface area contributed by atoms with Crippen molar-refractivity contribution in [1.82, 2.24) is 24.6 Å². The lowest BCUT2D eigenvalue weighted by molar-refractivity contribution is -0.141. The molecule has 2 N–H and O–H groups in total. The summed E-state index contributed by atoms with van der Waals surface area (Å²) in [5.74, 6) is -2.47. The van der Waals surface area contributed by atoms with Gasteiger partial charge in [0.15, 0.2) is 5.78 Å². The Morgan fingerprint density at radius 3 is 2.42 bits per heavy atom. The maximum atomic E-state index is 14.2. The fourth-order valence-electron chi connectivity index (χ4n) is 8.42. The third-order valence-electron chi connectivity index (χ3n) is 11.4. The van der Waals surface area contributed by atoms with Crippen LogP contribution >= 0.6 is 0 Å². The van der Waals surface area contributed by atoms with Gasteiger partial charge in [0.05, 0.1) is 10.9 Å². The van der Waals surface area contributed by atoms with Gasteiger partial charge < -0.3 is 15.3 Å². The summed E-state index contributed by atoms with van der Waals surface area (Å²) in [6.07, 6.45) is 1.92. The highest BCUT2D eigenvalue weighted by Crippen LogP contribution is 2.73. The van der Waals surface area contributed by atoms with E-state index < -0.39 is 35.2 Å². The molecule has 0 radical (unpaired) electrons. The Bertz CT molecular complexity index is 2170. The molecule has 4 atom stereocenters. The first-order valence-electron chi connectivity index (χ1n) is 16.5. The molecule has 14 heteroatoms. The van der Waals surface area contributed by atoms with Gasteiger partial charge in [-0.2, -0.15) is 18.3 Å². The maximum Gasteiger partial charge on any atom is 0.433 e. The highest BCUT2D eigenvalue weighted by molar-refractivity contribution is 6.07. The van der Waals surface area contributed by atoms with E-state index in [1.54, 1.807) is 30.3 Å². The molecule has 1 spiro atoms. The standard InChI is InChI=1S/C36H33F3N6O5/c1-17-4-5-25(36(37,38)39)41-31(17)42-32(48)30-24-6-7-35(24)13-26(35)45(30)27(47)16-44-29-18(2)10-20(12-23(29)28(43-44)19(3)46)21-11-22(15-40-14-21)34(8-9-34)33(49)50/h4-5,10-12,14-15,24,26,30H,6-9,13,16H2,1-3H3,(H,49,50)(H,41,42,48)/t24-,26?,30?,35-/m1/s1. The quantitative estimate of drug-likeness (QED) is 0.232. The second-order valence-corrected chi connectivity index (χ2v) is 14.3. The number of anilines is 1. The summed E-state index contributed by atoms with van der Waals surface area (Å²) in [7, 11) is 0. The summed E-state index contributed by atoms with van der Waals surface area (Å²) in [4.78, 5) is 62.3. The van der Waals surface area contributed by atoms with Gasteiger partial charge in [0.2, 0.25) is 11.8 Å². The number of nitrogens with one attached hydrogen (secondary N) is 1.